The minimum absolute atomic E-state index is 0.212. The number of hydrogen-bond donors (Lipinski definition) is 0. The zero-order valence-corrected chi connectivity index (χ0v) is 14.3. The molecule has 2 aliphatic heterocycles. The van der Waals surface area contributed by atoms with E-state index in [1.165, 1.54) is 35.6 Å². The van der Waals surface area contributed by atoms with E-state index in [2.05, 4.69) is 52.3 Å². The van der Waals surface area contributed by atoms with Gasteiger partial charge in [-0.3, -0.25) is 9.69 Å². The fourth-order valence-corrected chi connectivity index (χ4v) is 4.15. The van der Waals surface area contributed by atoms with Crippen LogP contribution in [0.15, 0.2) is 42.5 Å². The molecule has 1 atom stereocenters. The summed E-state index contributed by atoms with van der Waals surface area (Å²) in [4.78, 5) is 17.2. The molecule has 1 amide bonds. The standard InChI is InChI=1S/C21H26N2O/c24-21(23-11-4-1-5-12-23)20-10-13-22(16-20)15-17-8-9-18-6-2-3-7-19(18)14-17/h2-3,6-9,14,20H,1,4-5,10-13,15-16H2. The first kappa shape index (κ1) is 15.6. The molecule has 0 radical (unpaired) electrons. The van der Waals surface area contributed by atoms with E-state index in [1.54, 1.807) is 0 Å². The lowest BCUT2D eigenvalue weighted by atomic mass is 10.0. The van der Waals surface area contributed by atoms with Crippen molar-refractivity contribution in [2.75, 3.05) is 26.2 Å². The first-order valence-corrected chi connectivity index (χ1v) is 9.28. The summed E-state index contributed by atoms with van der Waals surface area (Å²) in [7, 11) is 0. The van der Waals surface area contributed by atoms with Crippen LogP contribution in [0.1, 0.15) is 31.2 Å². The Hall–Kier alpha value is -1.87. The van der Waals surface area contributed by atoms with Gasteiger partial charge in [-0.25, -0.2) is 0 Å². The van der Waals surface area contributed by atoms with E-state index in [0.29, 0.717) is 5.91 Å². The van der Waals surface area contributed by atoms with E-state index in [4.69, 9.17) is 0 Å². The molecule has 0 bridgehead atoms. The highest BCUT2D eigenvalue weighted by Crippen LogP contribution is 2.24. The molecule has 1 unspecified atom stereocenters. The van der Waals surface area contributed by atoms with E-state index < -0.39 is 0 Å². The molecule has 24 heavy (non-hydrogen) atoms. The number of carbonyl (C=O) groups is 1. The van der Waals surface area contributed by atoms with Crippen molar-refractivity contribution in [1.82, 2.24) is 9.80 Å². The van der Waals surface area contributed by atoms with Gasteiger partial charge in [0.05, 0.1) is 5.92 Å². The van der Waals surface area contributed by atoms with Crippen molar-refractivity contribution in [1.29, 1.82) is 0 Å². The van der Waals surface area contributed by atoms with Gasteiger partial charge in [-0.1, -0.05) is 36.4 Å². The summed E-state index contributed by atoms with van der Waals surface area (Å²) in [6, 6.07) is 15.2. The lowest BCUT2D eigenvalue weighted by Crippen LogP contribution is -2.40. The number of likely N-dealkylation sites (tertiary alicyclic amines) is 2. The molecule has 2 fully saturated rings. The van der Waals surface area contributed by atoms with Gasteiger partial charge in [0.25, 0.3) is 0 Å². The number of hydrogen-bond acceptors (Lipinski definition) is 2. The van der Waals surface area contributed by atoms with Gasteiger partial charge in [0.15, 0.2) is 0 Å². The van der Waals surface area contributed by atoms with Gasteiger partial charge >= 0.3 is 0 Å². The molecule has 0 aromatic heterocycles. The Labute approximate surface area is 144 Å². The topological polar surface area (TPSA) is 23.6 Å². The van der Waals surface area contributed by atoms with Crippen LogP contribution in [-0.2, 0) is 11.3 Å². The molecule has 126 valence electrons. The molecule has 2 aromatic carbocycles. The summed E-state index contributed by atoms with van der Waals surface area (Å²) < 4.78 is 0. The molecular weight excluding hydrogens is 296 g/mol. The second kappa shape index (κ2) is 6.94. The normalized spacial score (nSPS) is 22.2. The number of benzene rings is 2. The van der Waals surface area contributed by atoms with Crippen LogP contribution in [0.3, 0.4) is 0 Å². The molecule has 2 aliphatic rings. The number of piperidine rings is 1. The molecule has 2 heterocycles. The fourth-order valence-electron chi connectivity index (χ4n) is 4.15. The van der Waals surface area contributed by atoms with Crippen molar-refractivity contribution in [2.24, 2.45) is 5.92 Å². The van der Waals surface area contributed by atoms with E-state index in [0.717, 1.165) is 39.1 Å². The minimum Gasteiger partial charge on any atom is -0.342 e. The predicted octanol–water partition coefficient (Wildman–Crippen LogP) is 3.67. The van der Waals surface area contributed by atoms with Crippen LogP contribution in [0, 0.1) is 5.92 Å². The van der Waals surface area contributed by atoms with Crippen molar-refractivity contribution >= 4 is 16.7 Å². The van der Waals surface area contributed by atoms with Crippen molar-refractivity contribution in [3.05, 3.63) is 48.0 Å². The Morgan fingerprint density at radius 1 is 0.958 bits per heavy atom. The number of nitrogens with zero attached hydrogens (tertiary/aromatic N) is 2. The molecular formula is C21H26N2O. The SMILES string of the molecule is O=C(C1CCN(Cc2ccc3ccccc3c2)C1)N1CCCCC1. The zero-order chi connectivity index (χ0) is 16.4. The largest absolute Gasteiger partial charge is 0.342 e. The second-order valence-corrected chi connectivity index (χ2v) is 7.29. The van der Waals surface area contributed by atoms with Gasteiger partial charge in [0.2, 0.25) is 5.91 Å². The Morgan fingerprint density at radius 3 is 2.58 bits per heavy atom. The van der Waals surface area contributed by atoms with Gasteiger partial charge in [0.1, 0.15) is 0 Å². The third-order valence-corrected chi connectivity index (χ3v) is 5.51. The van der Waals surface area contributed by atoms with Crippen molar-refractivity contribution < 1.29 is 4.79 Å². The maximum atomic E-state index is 12.7. The van der Waals surface area contributed by atoms with Gasteiger partial charge < -0.3 is 4.90 Å². The summed E-state index contributed by atoms with van der Waals surface area (Å²) >= 11 is 0. The van der Waals surface area contributed by atoms with Crippen LogP contribution in [0.2, 0.25) is 0 Å². The Balaban J connectivity index is 1.38. The van der Waals surface area contributed by atoms with Crippen molar-refractivity contribution in [3.63, 3.8) is 0 Å². The first-order chi connectivity index (χ1) is 11.8. The quantitative estimate of drug-likeness (QED) is 0.861. The molecule has 4 rings (SSSR count). The summed E-state index contributed by atoms with van der Waals surface area (Å²) in [6.45, 7) is 4.86. The van der Waals surface area contributed by atoms with E-state index in [9.17, 15) is 4.79 Å². The molecule has 0 N–H and O–H groups in total. The van der Waals surface area contributed by atoms with Crippen LogP contribution < -0.4 is 0 Å². The third-order valence-electron chi connectivity index (χ3n) is 5.51. The highest BCUT2D eigenvalue weighted by atomic mass is 16.2. The number of rotatable bonds is 3. The van der Waals surface area contributed by atoms with Gasteiger partial charge in [-0.05, 0) is 54.6 Å². The highest BCUT2D eigenvalue weighted by Gasteiger charge is 2.31. The monoisotopic (exact) mass is 322 g/mol. The molecule has 3 nitrogen and oxygen atoms in total. The Kier molecular flexibility index (Phi) is 4.52. The van der Waals surface area contributed by atoms with Crippen LogP contribution in [-0.4, -0.2) is 41.9 Å². The van der Waals surface area contributed by atoms with Crippen LogP contribution in [0.5, 0.6) is 0 Å². The van der Waals surface area contributed by atoms with Crippen molar-refractivity contribution in [3.8, 4) is 0 Å². The van der Waals surface area contributed by atoms with Crippen molar-refractivity contribution in [2.45, 2.75) is 32.2 Å². The predicted molar refractivity (Wildman–Crippen MR) is 97.8 cm³/mol. The Bertz CT molecular complexity index is 721. The van der Waals surface area contributed by atoms with Crippen LogP contribution in [0.25, 0.3) is 10.8 Å². The number of fused-ring (bicyclic) bond motifs is 1. The lowest BCUT2D eigenvalue weighted by molar-refractivity contribution is -0.136. The van der Waals surface area contributed by atoms with Gasteiger partial charge in [-0.2, -0.15) is 0 Å². The molecule has 2 aromatic rings. The van der Waals surface area contributed by atoms with Crippen LogP contribution in [0.4, 0.5) is 0 Å². The summed E-state index contributed by atoms with van der Waals surface area (Å²) in [6.07, 6.45) is 4.66. The highest BCUT2D eigenvalue weighted by molar-refractivity contribution is 5.83. The van der Waals surface area contributed by atoms with Gasteiger partial charge in [0, 0.05) is 26.2 Å². The van der Waals surface area contributed by atoms with E-state index >= 15 is 0 Å². The third kappa shape index (κ3) is 3.32. The van der Waals surface area contributed by atoms with E-state index in [-0.39, 0.29) is 5.92 Å². The fraction of sp³-hybridized carbons (Fsp3) is 0.476. The second-order valence-electron chi connectivity index (χ2n) is 7.29. The molecule has 0 saturated carbocycles. The van der Waals surface area contributed by atoms with Gasteiger partial charge in [-0.15, -0.1) is 0 Å². The van der Waals surface area contributed by atoms with Crippen LogP contribution >= 0.6 is 0 Å². The number of amides is 1. The average molecular weight is 322 g/mol. The average Bonchev–Trinajstić information content (AvgIpc) is 3.10. The first-order valence-electron chi connectivity index (χ1n) is 9.28. The Morgan fingerprint density at radius 2 is 1.75 bits per heavy atom. The maximum absolute atomic E-state index is 12.7. The molecule has 0 aliphatic carbocycles. The smallest absolute Gasteiger partial charge is 0.227 e. The molecule has 2 saturated heterocycles. The number of carbonyl (C=O) groups excluding carboxylic acids is 1. The molecule has 3 heteroatoms. The summed E-state index contributed by atoms with van der Waals surface area (Å²) in [5.41, 5.74) is 1.35. The minimum atomic E-state index is 0.212. The summed E-state index contributed by atoms with van der Waals surface area (Å²) in [5.74, 6) is 0.610. The summed E-state index contributed by atoms with van der Waals surface area (Å²) in [5, 5.41) is 2.59. The van der Waals surface area contributed by atoms with E-state index in [1.807, 2.05) is 0 Å². The zero-order valence-electron chi connectivity index (χ0n) is 14.3. The lowest BCUT2D eigenvalue weighted by Gasteiger charge is -2.29. The maximum Gasteiger partial charge on any atom is 0.227 e. The molecule has 0 spiro atoms.